The molecule has 0 aromatic carbocycles. The summed E-state index contributed by atoms with van der Waals surface area (Å²) in [5.74, 6) is -0.763. The average molecular weight is 336 g/mol. The average Bonchev–Trinajstić information content (AvgIpc) is 2.23. The lowest BCUT2D eigenvalue weighted by Crippen LogP contribution is -2.47. The van der Waals surface area contributed by atoms with Gasteiger partial charge in [-0.15, -0.1) is 46.4 Å². The van der Waals surface area contributed by atoms with Crippen LogP contribution in [0.2, 0.25) is 0 Å². The van der Waals surface area contributed by atoms with Crippen LogP contribution in [-0.2, 0) is 0 Å². The summed E-state index contributed by atoms with van der Waals surface area (Å²) in [6.45, 7) is 2.84. The number of nitrogens with one attached hydrogen (secondary N) is 2. The molecule has 0 rings (SSSR count). The zero-order chi connectivity index (χ0) is 14.7. The Hall–Kier alpha value is -0.300. The highest BCUT2D eigenvalue weighted by atomic mass is 35.5. The first-order chi connectivity index (χ1) is 7.98. The van der Waals surface area contributed by atoms with E-state index in [1.54, 1.807) is 0 Å². The second kappa shape index (κ2) is 6.23. The largest absolute Gasteiger partial charge is 0.385 e. The number of azo groups is 1. The number of hydrogen-bond acceptors (Lipinski definition) is 4. The van der Waals surface area contributed by atoms with Crippen LogP contribution in [0, 0.1) is 10.8 Å². The lowest BCUT2D eigenvalue weighted by Gasteiger charge is -2.28. The van der Waals surface area contributed by atoms with Crippen molar-refractivity contribution in [3.63, 3.8) is 0 Å². The molecule has 0 aromatic rings. The Kier molecular flexibility index (Phi) is 6.13. The fourth-order valence-electron chi connectivity index (χ4n) is 0.638. The Bertz CT molecular complexity index is 337. The summed E-state index contributed by atoms with van der Waals surface area (Å²) in [6.07, 6.45) is 0. The van der Waals surface area contributed by atoms with Gasteiger partial charge in [-0.1, -0.05) is 0 Å². The second-order valence-corrected chi connectivity index (χ2v) is 6.12. The summed E-state index contributed by atoms with van der Waals surface area (Å²) >= 11 is 22.8. The Morgan fingerprint density at radius 1 is 0.889 bits per heavy atom. The first-order valence-electron chi connectivity index (χ1n) is 4.67. The third-order valence-corrected chi connectivity index (χ3v) is 4.11. The molecule has 0 amide bonds. The molecule has 0 aliphatic rings. The van der Waals surface area contributed by atoms with Crippen molar-refractivity contribution in [1.82, 2.24) is 0 Å². The number of nitrogens with two attached hydrogens (primary N) is 2. The molecule has 6 nitrogen and oxygen atoms in total. The molecule has 0 aliphatic heterocycles. The number of halogens is 4. The molecule has 0 fully saturated rings. The minimum absolute atomic E-state index is 0.382. The standard InChI is InChI=1S/C8H14Cl4N6/c1-7(3(9)10,5(13)14)17-18-8(2,4(11)12)6(15)16/h3-4H,1-2H3,(H3,13,14)(H3,15,16). The molecule has 10 heteroatoms. The van der Waals surface area contributed by atoms with E-state index in [1.165, 1.54) is 13.8 Å². The predicted octanol–water partition coefficient (Wildman–Crippen LogP) is 2.44. The molecule has 18 heavy (non-hydrogen) atoms. The van der Waals surface area contributed by atoms with Crippen LogP contribution in [0.4, 0.5) is 0 Å². The van der Waals surface area contributed by atoms with Crippen LogP contribution in [0.25, 0.3) is 0 Å². The van der Waals surface area contributed by atoms with Crippen LogP contribution in [0.1, 0.15) is 13.8 Å². The Morgan fingerprint density at radius 3 is 1.22 bits per heavy atom. The predicted molar refractivity (Wildman–Crippen MR) is 76.5 cm³/mol. The normalized spacial score (nSPS) is 18.9. The summed E-state index contributed by atoms with van der Waals surface area (Å²) in [6, 6.07) is 0. The van der Waals surface area contributed by atoms with E-state index in [2.05, 4.69) is 10.2 Å². The maximum Gasteiger partial charge on any atom is 0.165 e. The third kappa shape index (κ3) is 3.60. The summed E-state index contributed by atoms with van der Waals surface area (Å²) in [7, 11) is 0. The third-order valence-electron chi connectivity index (χ3n) is 2.41. The Morgan fingerprint density at radius 2 is 1.11 bits per heavy atom. The molecule has 0 spiro atoms. The second-order valence-electron chi connectivity index (χ2n) is 3.92. The molecule has 0 aromatic heterocycles. The number of amidine groups is 2. The topological polar surface area (TPSA) is 124 Å². The summed E-state index contributed by atoms with van der Waals surface area (Å²) < 4.78 is 0. The minimum Gasteiger partial charge on any atom is -0.385 e. The van der Waals surface area contributed by atoms with Gasteiger partial charge in [0.25, 0.3) is 0 Å². The highest BCUT2D eigenvalue weighted by Crippen LogP contribution is 2.29. The SMILES string of the molecule is CC(N=NC(C)(C(=N)N)C(Cl)Cl)(C(=N)N)C(Cl)Cl. The van der Waals surface area contributed by atoms with Crippen molar-refractivity contribution < 1.29 is 0 Å². The van der Waals surface area contributed by atoms with Crippen molar-refractivity contribution in [2.75, 3.05) is 0 Å². The molecule has 0 saturated carbocycles. The molecule has 0 bridgehead atoms. The van der Waals surface area contributed by atoms with Crippen LogP contribution in [-0.4, -0.2) is 32.4 Å². The highest BCUT2D eigenvalue weighted by molar-refractivity contribution is 6.47. The zero-order valence-corrected chi connectivity index (χ0v) is 12.7. The van der Waals surface area contributed by atoms with Crippen molar-refractivity contribution in [2.24, 2.45) is 21.7 Å². The fraction of sp³-hybridized carbons (Fsp3) is 0.750. The summed E-state index contributed by atoms with van der Waals surface area (Å²) in [5.41, 5.74) is 7.84. The van der Waals surface area contributed by atoms with Gasteiger partial charge in [-0.25, -0.2) is 0 Å². The van der Waals surface area contributed by atoms with Crippen molar-refractivity contribution in [1.29, 1.82) is 10.8 Å². The smallest absolute Gasteiger partial charge is 0.165 e. The monoisotopic (exact) mass is 334 g/mol. The number of hydrogen-bond donors (Lipinski definition) is 4. The Labute approximate surface area is 125 Å². The van der Waals surface area contributed by atoms with E-state index in [0.717, 1.165) is 0 Å². The molecule has 6 N–H and O–H groups in total. The molecule has 0 radical (unpaired) electrons. The van der Waals surface area contributed by atoms with E-state index < -0.39 is 20.8 Å². The van der Waals surface area contributed by atoms with E-state index >= 15 is 0 Å². The van der Waals surface area contributed by atoms with Gasteiger partial charge in [-0.2, -0.15) is 10.2 Å². The van der Waals surface area contributed by atoms with Gasteiger partial charge in [0.1, 0.15) is 21.3 Å². The molecule has 104 valence electrons. The van der Waals surface area contributed by atoms with E-state index in [1.807, 2.05) is 0 Å². The summed E-state index contributed by atoms with van der Waals surface area (Å²) in [5, 5.41) is 22.4. The van der Waals surface area contributed by atoms with E-state index in [0.29, 0.717) is 0 Å². The lowest BCUT2D eigenvalue weighted by molar-refractivity contribution is 0.540. The number of alkyl halides is 4. The van der Waals surface area contributed by atoms with Crippen LogP contribution >= 0.6 is 46.4 Å². The van der Waals surface area contributed by atoms with E-state index in [9.17, 15) is 0 Å². The van der Waals surface area contributed by atoms with Gasteiger partial charge in [0.05, 0.1) is 0 Å². The maximum absolute atomic E-state index is 7.41. The summed E-state index contributed by atoms with van der Waals surface area (Å²) in [4.78, 5) is -2.20. The van der Waals surface area contributed by atoms with Crippen molar-refractivity contribution in [3.05, 3.63) is 0 Å². The van der Waals surface area contributed by atoms with Crippen molar-refractivity contribution in [2.45, 2.75) is 34.6 Å². The minimum atomic E-state index is -1.44. The molecular weight excluding hydrogens is 322 g/mol. The number of rotatable bonds is 6. The quantitative estimate of drug-likeness (QED) is 0.257. The zero-order valence-electron chi connectivity index (χ0n) is 9.72. The van der Waals surface area contributed by atoms with Crippen molar-refractivity contribution >= 4 is 58.1 Å². The van der Waals surface area contributed by atoms with E-state index in [-0.39, 0.29) is 11.7 Å². The first kappa shape index (κ1) is 17.7. The molecule has 2 atom stereocenters. The van der Waals surface area contributed by atoms with Gasteiger partial charge in [-0.05, 0) is 13.8 Å². The van der Waals surface area contributed by atoms with Gasteiger partial charge in [0.2, 0.25) is 0 Å². The Balaban J connectivity index is 5.45. The number of nitrogens with zero attached hydrogens (tertiary/aromatic N) is 2. The first-order valence-corrected chi connectivity index (χ1v) is 6.42. The van der Waals surface area contributed by atoms with Gasteiger partial charge in [0, 0.05) is 0 Å². The fourth-order valence-corrected chi connectivity index (χ4v) is 1.28. The molecule has 0 saturated heterocycles. The highest BCUT2D eigenvalue weighted by Gasteiger charge is 2.40. The maximum atomic E-state index is 7.41. The molecular formula is C8H14Cl4N6. The lowest BCUT2D eigenvalue weighted by atomic mass is 10.0. The van der Waals surface area contributed by atoms with Crippen LogP contribution in [0.3, 0.4) is 0 Å². The molecule has 2 unspecified atom stereocenters. The molecule has 0 aliphatic carbocycles. The van der Waals surface area contributed by atoms with Crippen LogP contribution in [0.5, 0.6) is 0 Å². The van der Waals surface area contributed by atoms with Gasteiger partial charge < -0.3 is 11.5 Å². The van der Waals surface area contributed by atoms with Gasteiger partial charge in [-0.3, -0.25) is 10.8 Å². The van der Waals surface area contributed by atoms with Gasteiger partial charge >= 0.3 is 0 Å². The van der Waals surface area contributed by atoms with Crippen LogP contribution < -0.4 is 11.5 Å². The van der Waals surface area contributed by atoms with Crippen LogP contribution in [0.15, 0.2) is 10.2 Å². The van der Waals surface area contributed by atoms with E-state index in [4.69, 9.17) is 68.7 Å². The van der Waals surface area contributed by atoms with Gasteiger partial charge in [0.15, 0.2) is 11.1 Å². The van der Waals surface area contributed by atoms with Crippen molar-refractivity contribution in [3.8, 4) is 0 Å². The molecule has 0 heterocycles.